The maximum Gasteiger partial charge on any atom is 0.359 e. The molecule has 0 atom stereocenters. The largest absolute Gasteiger partial charge is 0.451 e. The van der Waals surface area contributed by atoms with Crippen LogP contribution in [-0.4, -0.2) is 34.5 Å². The summed E-state index contributed by atoms with van der Waals surface area (Å²) in [6.45, 7) is 1.85. The molecule has 0 bridgehead atoms. The van der Waals surface area contributed by atoms with Gasteiger partial charge >= 0.3 is 5.97 Å². The average Bonchev–Trinajstić information content (AvgIpc) is 2.74. The van der Waals surface area contributed by atoms with Gasteiger partial charge in [0.1, 0.15) is 0 Å². The van der Waals surface area contributed by atoms with Gasteiger partial charge in [0.25, 0.3) is 11.5 Å². The van der Waals surface area contributed by atoms with E-state index in [2.05, 4.69) is 10.4 Å². The van der Waals surface area contributed by atoms with Crippen LogP contribution in [0.2, 0.25) is 0 Å². The molecule has 1 heterocycles. The van der Waals surface area contributed by atoms with Gasteiger partial charge in [-0.15, -0.1) is 11.8 Å². The van der Waals surface area contributed by atoms with Gasteiger partial charge in [0, 0.05) is 22.5 Å². The van der Waals surface area contributed by atoms with E-state index in [1.54, 1.807) is 42.1 Å². The van der Waals surface area contributed by atoms with Crippen molar-refractivity contribution in [3.63, 3.8) is 0 Å². The van der Waals surface area contributed by atoms with Crippen LogP contribution >= 0.6 is 11.8 Å². The molecule has 29 heavy (non-hydrogen) atoms. The third kappa shape index (κ3) is 4.83. The number of amides is 1. The summed E-state index contributed by atoms with van der Waals surface area (Å²) < 4.78 is 6.42. The molecule has 0 aliphatic heterocycles. The fourth-order valence-corrected chi connectivity index (χ4v) is 3.31. The van der Waals surface area contributed by atoms with Crippen molar-refractivity contribution in [1.29, 1.82) is 0 Å². The van der Waals surface area contributed by atoms with Crippen molar-refractivity contribution in [2.45, 2.75) is 24.8 Å². The summed E-state index contributed by atoms with van der Waals surface area (Å²) in [5.74, 6) is -1.21. The molecule has 0 aliphatic carbocycles. The van der Waals surface area contributed by atoms with Crippen molar-refractivity contribution < 1.29 is 14.3 Å². The van der Waals surface area contributed by atoms with Gasteiger partial charge in [0.05, 0.1) is 5.39 Å². The van der Waals surface area contributed by atoms with Crippen LogP contribution in [0.3, 0.4) is 0 Å². The van der Waals surface area contributed by atoms with Gasteiger partial charge in [-0.05, 0) is 36.9 Å². The van der Waals surface area contributed by atoms with Crippen LogP contribution < -0.4 is 10.9 Å². The lowest BCUT2D eigenvalue weighted by Crippen LogP contribution is -2.27. The number of aryl methyl sites for hydroxylation is 1. The molecule has 2 aromatic carbocycles. The van der Waals surface area contributed by atoms with Crippen molar-refractivity contribution in [1.82, 2.24) is 9.78 Å². The highest BCUT2D eigenvalue weighted by molar-refractivity contribution is 7.98. The quantitative estimate of drug-likeness (QED) is 0.474. The number of esters is 1. The van der Waals surface area contributed by atoms with E-state index in [-0.39, 0.29) is 11.3 Å². The van der Waals surface area contributed by atoms with E-state index >= 15 is 0 Å². The molecule has 0 saturated heterocycles. The first-order chi connectivity index (χ1) is 14.0. The molecule has 7 nitrogen and oxygen atoms in total. The van der Waals surface area contributed by atoms with E-state index in [1.807, 2.05) is 31.4 Å². The average molecular weight is 411 g/mol. The van der Waals surface area contributed by atoms with Gasteiger partial charge in [-0.25, -0.2) is 9.48 Å². The van der Waals surface area contributed by atoms with E-state index in [1.165, 1.54) is 4.68 Å². The smallest absolute Gasteiger partial charge is 0.359 e. The summed E-state index contributed by atoms with van der Waals surface area (Å²) in [4.78, 5) is 38.3. The number of thioether (sulfide) groups is 1. The van der Waals surface area contributed by atoms with Gasteiger partial charge in [-0.2, -0.15) is 5.10 Å². The number of fused-ring (bicyclic) bond motifs is 1. The van der Waals surface area contributed by atoms with Crippen molar-refractivity contribution >= 4 is 40.1 Å². The van der Waals surface area contributed by atoms with Crippen LogP contribution in [0.1, 0.15) is 23.8 Å². The Labute approximate surface area is 172 Å². The molecule has 3 rings (SSSR count). The molecule has 0 fully saturated rings. The third-order valence-corrected chi connectivity index (χ3v) is 4.91. The second-order valence-electron chi connectivity index (χ2n) is 6.28. The van der Waals surface area contributed by atoms with Crippen LogP contribution in [0.15, 0.2) is 58.2 Å². The van der Waals surface area contributed by atoms with Gasteiger partial charge in [-0.1, -0.05) is 31.2 Å². The molecule has 150 valence electrons. The fourth-order valence-electron chi connectivity index (χ4n) is 2.85. The Hall–Kier alpha value is -3.13. The predicted molar refractivity (Wildman–Crippen MR) is 113 cm³/mol. The summed E-state index contributed by atoms with van der Waals surface area (Å²) in [6.07, 6.45) is 2.63. The highest BCUT2D eigenvalue weighted by Gasteiger charge is 2.19. The number of carbonyl (C=O) groups excluding carboxylic acids is 2. The molecule has 0 radical (unpaired) electrons. The summed E-state index contributed by atoms with van der Waals surface area (Å²) >= 11 is 1.56. The second-order valence-corrected chi connectivity index (χ2v) is 7.16. The number of nitrogens with zero attached hydrogens (tertiary/aromatic N) is 2. The number of carbonyl (C=O) groups is 2. The number of benzene rings is 2. The number of rotatable bonds is 7. The number of hydrogen-bond acceptors (Lipinski definition) is 6. The van der Waals surface area contributed by atoms with E-state index < -0.39 is 18.5 Å². The molecular weight excluding hydrogens is 390 g/mol. The predicted octanol–water partition coefficient (Wildman–Crippen LogP) is 3.32. The van der Waals surface area contributed by atoms with Crippen molar-refractivity contribution in [3.8, 4) is 0 Å². The van der Waals surface area contributed by atoms with Crippen molar-refractivity contribution in [2.24, 2.45) is 0 Å². The molecule has 0 saturated carbocycles. The van der Waals surface area contributed by atoms with Gasteiger partial charge < -0.3 is 10.1 Å². The monoisotopic (exact) mass is 411 g/mol. The topological polar surface area (TPSA) is 90.3 Å². The zero-order valence-corrected chi connectivity index (χ0v) is 17.0. The van der Waals surface area contributed by atoms with Crippen LogP contribution in [0.4, 0.5) is 5.69 Å². The number of anilines is 1. The van der Waals surface area contributed by atoms with Crippen LogP contribution in [-0.2, 0) is 16.1 Å². The lowest BCUT2D eigenvalue weighted by atomic mass is 10.1. The van der Waals surface area contributed by atoms with E-state index in [9.17, 15) is 14.4 Å². The molecule has 8 heteroatoms. The van der Waals surface area contributed by atoms with Gasteiger partial charge in [0.2, 0.25) is 0 Å². The SMILES string of the molecule is CCCn1nc(C(=O)OCC(=O)Nc2cccc(SC)c2)c2ccccc2c1=O. The highest BCUT2D eigenvalue weighted by Crippen LogP contribution is 2.19. The Kier molecular flexibility index (Phi) is 6.66. The minimum Gasteiger partial charge on any atom is -0.451 e. The van der Waals surface area contributed by atoms with Crippen LogP contribution in [0, 0.1) is 0 Å². The Morgan fingerprint density at radius 3 is 2.62 bits per heavy atom. The minimum absolute atomic E-state index is 0.0193. The Morgan fingerprint density at radius 1 is 1.14 bits per heavy atom. The molecule has 1 amide bonds. The zero-order valence-electron chi connectivity index (χ0n) is 16.2. The molecule has 1 aromatic heterocycles. The summed E-state index contributed by atoms with van der Waals surface area (Å²) in [5.41, 5.74) is 0.384. The summed E-state index contributed by atoms with van der Waals surface area (Å²) in [5, 5.41) is 7.66. The molecule has 0 unspecified atom stereocenters. The van der Waals surface area contributed by atoms with E-state index in [0.29, 0.717) is 29.4 Å². The molecular formula is C21H21N3O4S. The number of aromatic nitrogens is 2. The highest BCUT2D eigenvalue weighted by atomic mass is 32.2. The first-order valence-electron chi connectivity index (χ1n) is 9.14. The first kappa shape index (κ1) is 20.6. The van der Waals surface area contributed by atoms with Crippen LogP contribution in [0.5, 0.6) is 0 Å². The summed E-state index contributed by atoms with van der Waals surface area (Å²) in [7, 11) is 0. The molecule has 1 N–H and O–H groups in total. The molecule has 0 spiro atoms. The van der Waals surface area contributed by atoms with E-state index in [4.69, 9.17) is 4.74 Å². The minimum atomic E-state index is -0.751. The van der Waals surface area contributed by atoms with Gasteiger partial charge in [0.15, 0.2) is 12.3 Å². The standard InChI is InChI=1S/C21H21N3O4S/c1-3-11-24-20(26)17-10-5-4-9-16(17)19(23-24)21(27)28-13-18(25)22-14-7-6-8-15(12-14)29-2/h4-10,12H,3,11,13H2,1-2H3,(H,22,25). The summed E-state index contributed by atoms with van der Waals surface area (Å²) in [6, 6.07) is 14.1. The zero-order chi connectivity index (χ0) is 20.8. The van der Waals surface area contributed by atoms with Gasteiger partial charge in [-0.3, -0.25) is 9.59 Å². The number of nitrogens with one attached hydrogen (secondary N) is 1. The normalized spacial score (nSPS) is 10.7. The number of ether oxygens (including phenoxy) is 1. The molecule has 0 aliphatic rings. The maximum absolute atomic E-state index is 12.6. The fraction of sp³-hybridized carbons (Fsp3) is 0.238. The van der Waals surface area contributed by atoms with Crippen molar-refractivity contribution in [2.75, 3.05) is 18.2 Å². The Bertz CT molecular complexity index is 1110. The Balaban J connectivity index is 1.76. The third-order valence-electron chi connectivity index (χ3n) is 4.18. The van der Waals surface area contributed by atoms with Crippen molar-refractivity contribution in [3.05, 3.63) is 64.6 Å². The van der Waals surface area contributed by atoms with Crippen LogP contribution in [0.25, 0.3) is 10.8 Å². The lowest BCUT2D eigenvalue weighted by Gasteiger charge is -2.10. The second kappa shape index (κ2) is 9.38. The first-order valence-corrected chi connectivity index (χ1v) is 10.4. The number of hydrogen-bond donors (Lipinski definition) is 1. The molecule has 3 aromatic rings. The Morgan fingerprint density at radius 2 is 1.90 bits per heavy atom. The maximum atomic E-state index is 12.6. The lowest BCUT2D eigenvalue weighted by molar-refractivity contribution is -0.119. The van der Waals surface area contributed by atoms with E-state index in [0.717, 1.165) is 4.90 Å².